The summed E-state index contributed by atoms with van der Waals surface area (Å²) in [7, 11) is 2.90. The van der Waals surface area contributed by atoms with Crippen molar-refractivity contribution in [2.24, 2.45) is 0 Å². The molecule has 2 heterocycles. The second-order valence-electron chi connectivity index (χ2n) is 5.77. The van der Waals surface area contributed by atoms with Crippen LogP contribution in [0.1, 0.15) is 34.1 Å². The van der Waals surface area contributed by atoms with Crippen molar-refractivity contribution in [3.05, 3.63) is 45.3 Å². The first-order valence-electron chi connectivity index (χ1n) is 7.82. The molecule has 2 rings (SSSR count). The highest BCUT2D eigenvalue weighted by atomic mass is 16.6. The van der Waals surface area contributed by atoms with Gasteiger partial charge in [-0.05, 0) is 22.9 Å². The highest BCUT2D eigenvalue weighted by Gasteiger charge is 2.19. The first-order valence-corrected chi connectivity index (χ1v) is 7.82. The Labute approximate surface area is 149 Å². The molecule has 0 saturated heterocycles. The molecule has 0 unspecified atom stereocenters. The van der Waals surface area contributed by atoms with Crippen LogP contribution in [0.4, 0.5) is 5.82 Å². The molecule has 0 bridgehead atoms. The minimum atomic E-state index is -0.574. The SMILES string of the molecule is COC(=O)c1cc(CN(C)C(=O)CCn2cc([N+](=O)[O-])nc2C)oc1C. The lowest BCUT2D eigenvalue weighted by Crippen LogP contribution is -2.27. The van der Waals surface area contributed by atoms with E-state index in [0.717, 1.165) is 0 Å². The summed E-state index contributed by atoms with van der Waals surface area (Å²) in [5.41, 5.74) is 0.324. The molecule has 0 aliphatic rings. The Morgan fingerprint density at radius 1 is 1.42 bits per heavy atom. The highest BCUT2D eigenvalue weighted by Crippen LogP contribution is 2.17. The Balaban J connectivity index is 1.96. The topological polar surface area (TPSA) is 121 Å². The van der Waals surface area contributed by atoms with Gasteiger partial charge in [-0.3, -0.25) is 4.79 Å². The fourth-order valence-electron chi connectivity index (χ4n) is 2.47. The molecular formula is C16H20N4O6. The molecule has 0 atom stereocenters. The summed E-state index contributed by atoms with van der Waals surface area (Å²) in [6.45, 7) is 3.76. The molecule has 10 heteroatoms. The monoisotopic (exact) mass is 364 g/mol. The van der Waals surface area contributed by atoms with Crippen LogP contribution in [0, 0.1) is 24.0 Å². The molecule has 0 aliphatic heterocycles. The number of carbonyl (C=O) groups is 2. The number of furan rings is 1. The average Bonchev–Trinajstić information content (AvgIpc) is 3.14. The smallest absolute Gasteiger partial charge is 0.381 e. The summed E-state index contributed by atoms with van der Waals surface area (Å²) in [6, 6.07) is 1.55. The second-order valence-corrected chi connectivity index (χ2v) is 5.77. The van der Waals surface area contributed by atoms with Gasteiger partial charge in [0, 0.05) is 26.9 Å². The van der Waals surface area contributed by atoms with E-state index < -0.39 is 10.9 Å². The summed E-state index contributed by atoms with van der Waals surface area (Å²) >= 11 is 0. The Bertz CT molecular complexity index is 838. The summed E-state index contributed by atoms with van der Waals surface area (Å²) in [5, 5.41) is 10.7. The van der Waals surface area contributed by atoms with Crippen LogP contribution < -0.4 is 0 Å². The van der Waals surface area contributed by atoms with E-state index in [-0.39, 0.29) is 31.2 Å². The fourth-order valence-corrected chi connectivity index (χ4v) is 2.47. The molecule has 0 aliphatic carbocycles. The van der Waals surface area contributed by atoms with Crippen LogP contribution >= 0.6 is 0 Å². The Kier molecular flexibility index (Phi) is 5.75. The largest absolute Gasteiger partial charge is 0.465 e. The molecule has 0 spiro atoms. The average molecular weight is 364 g/mol. The quantitative estimate of drug-likeness (QED) is 0.417. The van der Waals surface area contributed by atoms with Gasteiger partial charge in [0.15, 0.2) is 0 Å². The summed E-state index contributed by atoms with van der Waals surface area (Å²) < 4.78 is 11.7. The van der Waals surface area contributed by atoms with E-state index in [0.29, 0.717) is 22.9 Å². The number of aromatic nitrogens is 2. The molecule has 0 aromatic carbocycles. The van der Waals surface area contributed by atoms with Gasteiger partial charge < -0.3 is 28.7 Å². The standard InChI is InChI=1S/C16H20N4O6/c1-10-13(16(22)25-4)7-12(26-10)8-18(3)15(21)5-6-19-9-14(20(23)24)17-11(19)2/h7,9H,5-6,8H2,1-4H3. The normalized spacial score (nSPS) is 10.6. The third-order valence-corrected chi connectivity index (χ3v) is 3.91. The lowest BCUT2D eigenvalue weighted by molar-refractivity contribution is -0.389. The van der Waals surface area contributed by atoms with Crippen LogP contribution in [-0.4, -0.2) is 45.4 Å². The zero-order valence-electron chi connectivity index (χ0n) is 15.0. The van der Waals surface area contributed by atoms with E-state index in [4.69, 9.17) is 4.42 Å². The molecule has 0 saturated carbocycles. The Hall–Kier alpha value is -3.17. The summed E-state index contributed by atoms with van der Waals surface area (Å²) in [5.74, 6) is 0.446. The zero-order valence-corrected chi connectivity index (χ0v) is 15.0. The number of nitro groups is 1. The van der Waals surface area contributed by atoms with Gasteiger partial charge in [0.25, 0.3) is 0 Å². The van der Waals surface area contributed by atoms with Crippen LogP contribution in [0.5, 0.6) is 0 Å². The van der Waals surface area contributed by atoms with Gasteiger partial charge in [-0.25, -0.2) is 4.79 Å². The van der Waals surface area contributed by atoms with Crippen LogP contribution in [-0.2, 0) is 22.6 Å². The number of hydrogen-bond donors (Lipinski definition) is 0. The van der Waals surface area contributed by atoms with Crippen molar-refractivity contribution < 1.29 is 23.7 Å². The van der Waals surface area contributed by atoms with Gasteiger partial charge in [-0.1, -0.05) is 0 Å². The van der Waals surface area contributed by atoms with E-state index in [9.17, 15) is 19.7 Å². The van der Waals surface area contributed by atoms with Crippen LogP contribution in [0.3, 0.4) is 0 Å². The van der Waals surface area contributed by atoms with Gasteiger partial charge >= 0.3 is 11.8 Å². The van der Waals surface area contributed by atoms with Crippen molar-refractivity contribution in [3.8, 4) is 0 Å². The van der Waals surface area contributed by atoms with Crippen LogP contribution in [0.2, 0.25) is 0 Å². The Morgan fingerprint density at radius 2 is 2.12 bits per heavy atom. The zero-order chi connectivity index (χ0) is 19.4. The van der Waals surface area contributed by atoms with E-state index in [1.54, 1.807) is 31.5 Å². The maximum absolute atomic E-state index is 12.3. The first kappa shape index (κ1) is 19.2. The predicted molar refractivity (Wildman–Crippen MR) is 89.5 cm³/mol. The Morgan fingerprint density at radius 3 is 2.69 bits per heavy atom. The third-order valence-electron chi connectivity index (χ3n) is 3.91. The number of rotatable bonds is 7. The van der Waals surface area contributed by atoms with E-state index in [2.05, 4.69) is 9.72 Å². The lowest BCUT2D eigenvalue weighted by Gasteiger charge is -2.15. The number of esters is 1. The second kappa shape index (κ2) is 7.81. The highest BCUT2D eigenvalue weighted by molar-refractivity contribution is 5.90. The van der Waals surface area contributed by atoms with Gasteiger partial charge in [0.2, 0.25) is 11.7 Å². The van der Waals surface area contributed by atoms with Crippen LogP contribution in [0.15, 0.2) is 16.7 Å². The molecule has 26 heavy (non-hydrogen) atoms. The maximum atomic E-state index is 12.3. The number of amides is 1. The molecule has 140 valence electrons. The number of ether oxygens (including phenoxy) is 1. The molecule has 2 aromatic heterocycles. The molecular weight excluding hydrogens is 344 g/mol. The van der Waals surface area contributed by atoms with Crippen molar-refractivity contribution >= 4 is 17.7 Å². The number of hydrogen-bond acceptors (Lipinski definition) is 7. The van der Waals surface area contributed by atoms with Gasteiger partial charge in [0.05, 0.1) is 13.7 Å². The van der Waals surface area contributed by atoms with E-state index in [1.165, 1.54) is 18.2 Å². The fraction of sp³-hybridized carbons (Fsp3) is 0.438. The van der Waals surface area contributed by atoms with Crippen molar-refractivity contribution in [2.75, 3.05) is 14.2 Å². The molecule has 2 aromatic rings. The van der Waals surface area contributed by atoms with E-state index in [1.807, 2.05) is 0 Å². The maximum Gasteiger partial charge on any atom is 0.381 e. The lowest BCUT2D eigenvalue weighted by atomic mass is 10.2. The predicted octanol–water partition coefficient (Wildman–Crippen LogP) is 1.84. The molecule has 0 fully saturated rings. The van der Waals surface area contributed by atoms with Crippen LogP contribution in [0.25, 0.3) is 0 Å². The minimum absolute atomic E-state index is 0.147. The van der Waals surface area contributed by atoms with Gasteiger partial charge in [0.1, 0.15) is 23.3 Å². The molecule has 0 N–H and O–H groups in total. The van der Waals surface area contributed by atoms with E-state index >= 15 is 0 Å². The first-order chi connectivity index (χ1) is 12.2. The van der Waals surface area contributed by atoms with Crippen molar-refractivity contribution in [3.63, 3.8) is 0 Å². The third kappa shape index (κ3) is 4.26. The van der Waals surface area contributed by atoms with Gasteiger partial charge in [-0.15, -0.1) is 0 Å². The molecule has 10 nitrogen and oxygen atoms in total. The minimum Gasteiger partial charge on any atom is -0.465 e. The summed E-state index contributed by atoms with van der Waals surface area (Å²) in [4.78, 5) is 39.3. The molecule has 1 amide bonds. The molecule has 0 radical (unpaired) electrons. The number of imidazole rings is 1. The summed E-state index contributed by atoms with van der Waals surface area (Å²) in [6.07, 6.45) is 1.45. The van der Waals surface area contributed by atoms with Crippen molar-refractivity contribution in [2.45, 2.75) is 33.4 Å². The van der Waals surface area contributed by atoms with Crippen molar-refractivity contribution in [1.29, 1.82) is 0 Å². The van der Waals surface area contributed by atoms with Gasteiger partial charge in [-0.2, -0.15) is 0 Å². The number of methoxy groups -OCH3 is 1. The van der Waals surface area contributed by atoms with Crippen molar-refractivity contribution in [1.82, 2.24) is 14.5 Å². The number of aryl methyl sites for hydroxylation is 3. The number of carbonyl (C=O) groups excluding carboxylic acids is 2. The number of nitrogens with zero attached hydrogens (tertiary/aromatic N) is 4.